The fourth-order valence-corrected chi connectivity index (χ4v) is 8.60. The van der Waals surface area contributed by atoms with Crippen LogP contribution in [0.3, 0.4) is 0 Å². The first-order chi connectivity index (χ1) is 20.5. The molecule has 0 bridgehead atoms. The van der Waals surface area contributed by atoms with Gasteiger partial charge in [-0.3, -0.25) is 14.5 Å². The van der Waals surface area contributed by atoms with E-state index in [1.165, 1.54) is 6.42 Å². The van der Waals surface area contributed by atoms with E-state index in [1.807, 2.05) is 20.8 Å². The Morgan fingerprint density at radius 3 is 2.63 bits per heavy atom. The van der Waals surface area contributed by atoms with Crippen LogP contribution in [0.15, 0.2) is 11.8 Å². The minimum Gasteiger partial charge on any atom is -0.444 e. The van der Waals surface area contributed by atoms with Gasteiger partial charge in [-0.15, -0.1) is 0 Å². The van der Waals surface area contributed by atoms with Gasteiger partial charge in [-0.2, -0.15) is 0 Å². The van der Waals surface area contributed by atoms with Gasteiger partial charge >= 0.3 is 6.09 Å². The Balaban J connectivity index is 1.19. The summed E-state index contributed by atoms with van der Waals surface area (Å²) in [5, 5.41) is 5.96. The van der Waals surface area contributed by atoms with Gasteiger partial charge in [-0.1, -0.05) is 12.8 Å². The molecule has 0 spiro atoms. The lowest BCUT2D eigenvalue weighted by Gasteiger charge is -2.60. The van der Waals surface area contributed by atoms with Crippen LogP contribution in [0, 0.1) is 5.92 Å². The topological polar surface area (TPSA) is 103 Å². The van der Waals surface area contributed by atoms with Gasteiger partial charge in [0.15, 0.2) is 5.78 Å². The summed E-state index contributed by atoms with van der Waals surface area (Å²) in [5.41, 5.74) is -0.427. The molecule has 2 N–H and O–H groups in total. The Labute approximate surface area is 255 Å². The van der Waals surface area contributed by atoms with Crippen molar-refractivity contribution in [1.82, 2.24) is 25.3 Å². The number of likely N-dealkylation sites (tertiary alicyclic amines) is 2. The Kier molecular flexibility index (Phi) is 8.78. The van der Waals surface area contributed by atoms with E-state index < -0.39 is 35.9 Å². The fourth-order valence-electron chi connectivity index (χ4n) is 8.60. The molecule has 4 heterocycles. The quantitative estimate of drug-likeness (QED) is 0.447. The lowest BCUT2D eigenvalue weighted by Crippen LogP contribution is -2.73. The van der Waals surface area contributed by atoms with Crippen LogP contribution >= 0.6 is 0 Å². The molecule has 9 atom stereocenters. The van der Waals surface area contributed by atoms with E-state index in [0.717, 1.165) is 45.1 Å². The molecule has 0 radical (unpaired) electrons. The second kappa shape index (κ2) is 12.3. The summed E-state index contributed by atoms with van der Waals surface area (Å²) >= 11 is 0. The number of amides is 2. The third kappa shape index (κ3) is 6.31. The number of halogens is 1. The first kappa shape index (κ1) is 30.8. The number of fused-ring (bicyclic) bond motifs is 2. The summed E-state index contributed by atoms with van der Waals surface area (Å²) < 4.78 is 28.5. The number of hydrogen-bond donors (Lipinski definition) is 2. The molecule has 10 nitrogen and oxygen atoms in total. The molecule has 0 aromatic carbocycles. The number of ketones is 1. The minimum absolute atomic E-state index is 0.0617. The third-order valence-corrected chi connectivity index (χ3v) is 10.6. The SMILES string of the molecule is CN1CCCC1CCNC(=O)C1=CN2C3CCCCC3OC3C(N4CCC(NC(=O)OC(C)(C)C)C4)C(F)CC(C1=O)C32. The Bertz CT molecular complexity index is 1110. The molecule has 11 heteroatoms. The van der Waals surface area contributed by atoms with Crippen LogP contribution in [0.1, 0.15) is 78.6 Å². The predicted molar refractivity (Wildman–Crippen MR) is 159 cm³/mol. The Morgan fingerprint density at radius 1 is 1.09 bits per heavy atom. The number of Topliss-reactive ketones (excluding diaryl/α,β-unsaturated/α-hetero) is 1. The average molecular weight is 604 g/mol. The molecule has 0 aromatic heterocycles. The van der Waals surface area contributed by atoms with Crippen LogP contribution in [0.2, 0.25) is 0 Å². The summed E-state index contributed by atoms with van der Waals surface area (Å²) in [6, 6.07) is -0.426. The highest BCUT2D eigenvalue weighted by Gasteiger charge is 2.60. The highest BCUT2D eigenvalue weighted by atomic mass is 19.1. The van der Waals surface area contributed by atoms with Gasteiger partial charge in [-0.25, -0.2) is 9.18 Å². The number of hydrogen-bond acceptors (Lipinski definition) is 8. The lowest BCUT2D eigenvalue weighted by molar-refractivity contribution is -0.209. The van der Waals surface area contributed by atoms with Crippen molar-refractivity contribution >= 4 is 17.8 Å². The molecule has 2 amide bonds. The maximum atomic E-state index is 16.3. The Morgan fingerprint density at radius 2 is 1.88 bits per heavy atom. The van der Waals surface area contributed by atoms with Crippen molar-refractivity contribution in [1.29, 1.82) is 0 Å². The van der Waals surface area contributed by atoms with Gasteiger partial charge in [0.2, 0.25) is 0 Å². The third-order valence-electron chi connectivity index (χ3n) is 10.6. The van der Waals surface area contributed by atoms with Crippen molar-refractivity contribution in [3.05, 3.63) is 11.8 Å². The van der Waals surface area contributed by atoms with Gasteiger partial charge < -0.3 is 29.9 Å². The van der Waals surface area contributed by atoms with Gasteiger partial charge in [0.05, 0.1) is 35.9 Å². The second-order valence-corrected chi connectivity index (χ2v) is 14.6. The maximum absolute atomic E-state index is 16.3. The number of carbonyl (C=O) groups excluding carboxylic acids is 3. The van der Waals surface area contributed by atoms with Crippen LogP contribution in [-0.4, -0.2) is 120 Å². The average Bonchev–Trinajstić information content (AvgIpc) is 3.57. The Hall–Kier alpha value is -2.24. The number of rotatable bonds is 6. The number of carbonyl (C=O) groups is 3. The smallest absolute Gasteiger partial charge is 0.407 e. The highest BCUT2D eigenvalue weighted by molar-refractivity contribution is 6.20. The molecule has 0 aromatic rings. The highest BCUT2D eigenvalue weighted by Crippen LogP contribution is 2.47. The molecule has 5 fully saturated rings. The molecular weight excluding hydrogens is 553 g/mol. The van der Waals surface area contributed by atoms with Crippen molar-refractivity contribution in [3.8, 4) is 0 Å². The summed E-state index contributed by atoms with van der Waals surface area (Å²) in [6.07, 6.45) is 7.37. The zero-order valence-electron chi connectivity index (χ0n) is 26.2. The van der Waals surface area contributed by atoms with E-state index in [1.54, 1.807) is 6.20 Å². The van der Waals surface area contributed by atoms with Crippen LogP contribution in [0.25, 0.3) is 0 Å². The molecule has 6 rings (SSSR count). The number of ether oxygens (including phenoxy) is 2. The van der Waals surface area contributed by atoms with Crippen molar-refractivity contribution < 1.29 is 28.2 Å². The van der Waals surface area contributed by atoms with Gasteiger partial charge in [0.1, 0.15) is 11.8 Å². The van der Waals surface area contributed by atoms with Crippen LogP contribution in [0.5, 0.6) is 0 Å². The molecule has 3 saturated heterocycles. The van der Waals surface area contributed by atoms with Crippen molar-refractivity contribution in [2.45, 2.75) is 133 Å². The summed E-state index contributed by atoms with van der Waals surface area (Å²) in [4.78, 5) is 46.3. The van der Waals surface area contributed by atoms with E-state index in [9.17, 15) is 14.4 Å². The minimum atomic E-state index is -1.28. The molecule has 9 unspecified atom stereocenters. The van der Waals surface area contributed by atoms with Crippen molar-refractivity contribution in [3.63, 3.8) is 0 Å². The zero-order chi connectivity index (χ0) is 30.5. The zero-order valence-corrected chi connectivity index (χ0v) is 26.2. The van der Waals surface area contributed by atoms with Crippen LogP contribution in [-0.2, 0) is 19.1 Å². The molecule has 240 valence electrons. The monoisotopic (exact) mass is 603 g/mol. The predicted octanol–water partition coefficient (Wildman–Crippen LogP) is 2.76. The van der Waals surface area contributed by atoms with E-state index >= 15 is 4.39 Å². The van der Waals surface area contributed by atoms with E-state index in [-0.39, 0.29) is 47.9 Å². The van der Waals surface area contributed by atoms with Crippen molar-refractivity contribution in [2.24, 2.45) is 5.92 Å². The van der Waals surface area contributed by atoms with E-state index in [4.69, 9.17) is 9.47 Å². The standard InChI is InChI=1S/C32H50FN5O5/c1-32(2,3)43-31(41)35-19-12-15-37(17-19)27-23(33)16-21-26-29(27)42-25-10-6-5-9-24(25)38(26)18-22(28(21)39)30(40)34-13-11-20-8-7-14-36(20)4/h18-21,23-27,29H,5-17H2,1-4H3,(H,34,40)(H,35,41). The first-order valence-electron chi connectivity index (χ1n) is 16.5. The molecule has 2 aliphatic carbocycles. The van der Waals surface area contributed by atoms with Gasteiger partial charge in [-0.05, 0) is 79.3 Å². The summed E-state index contributed by atoms with van der Waals surface area (Å²) in [5.74, 6) is -1.22. The number of alkyl carbamates (subject to hydrolysis) is 1. The van der Waals surface area contributed by atoms with E-state index in [0.29, 0.717) is 32.1 Å². The molecule has 6 aliphatic rings. The van der Waals surface area contributed by atoms with Gasteiger partial charge in [0, 0.05) is 43.8 Å². The number of alkyl halides is 1. The summed E-state index contributed by atoms with van der Waals surface area (Å²) in [6.45, 7) is 8.22. The van der Waals surface area contributed by atoms with Gasteiger partial charge in [0.25, 0.3) is 5.91 Å². The normalized spacial score (nSPS) is 38.3. The largest absolute Gasteiger partial charge is 0.444 e. The first-order valence-corrected chi connectivity index (χ1v) is 16.5. The van der Waals surface area contributed by atoms with E-state index in [2.05, 4.69) is 32.4 Å². The van der Waals surface area contributed by atoms with Crippen LogP contribution < -0.4 is 10.6 Å². The lowest BCUT2D eigenvalue weighted by atomic mass is 9.69. The number of nitrogens with one attached hydrogen (secondary N) is 2. The second-order valence-electron chi connectivity index (χ2n) is 14.6. The maximum Gasteiger partial charge on any atom is 0.407 e. The number of nitrogens with zero attached hydrogens (tertiary/aromatic N) is 3. The number of morpholine rings is 1. The van der Waals surface area contributed by atoms with Crippen molar-refractivity contribution in [2.75, 3.05) is 33.2 Å². The molecule has 4 aliphatic heterocycles. The molecule has 43 heavy (non-hydrogen) atoms. The summed E-state index contributed by atoms with van der Waals surface area (Å²) in [7, 11) is 2.12. The molecule has 2 saturated carbocycles. The fraction of sp³-hybridized carbons (Fsp3) is 0.844. The van der Waals surface area contributed by atoms with Crippen LogP contribution in [0.4, 0.5) is 9.18 Å². The molecular formula is C32H50FN5O5.